The SMILES string of the molecule is Cc1cnc(CNC2CC(c3ccccc3Br)C2)o1. The van der Waals surface area contributed by atoms with Crippen LogP contribution in [0.15, 0.2) is 39.4 Å². The molecule has 1 aromatic heterocycles. The average molecular weight is 321 g/mol. The van der Waals surface area contributed by atoms with Gasteiger partial charge in [0.25, 0.3) is 0 Å². The lowest BCUT2D eigenvalue weighted by Crippen LogP contribution is -2.39. The first-order valence-corrected chi connectivity index (χ1v) is 7.41. The number of halogens is 1. The Labute approximate surface area is 121 Å². The van der Waals surface area contributed by atoms with Crippen LogP contribution in [0.25, 0.3) is 0 Å². The van der Waals surface area contributed by atoms with Crippen molar-refractivity contribution in [3.05, 3.63) is 52.1 Å². The maximum absolute atomic E-state index is 5.45. The number of hydrogen-bond acceptors (Lipinski definition) is 3. The van der Waals surface area contributed by atoms with Crippen LogP contribution >= 0.6 is 15.9 Å². The van der Waals surface area contributed by atoms with Crippen molar-refractivity contribution in [1.82, 2.24) is 10.3 Å². The van der Waals surface area contributed by atoms with Crippen LogP contribution in [-0.4, -0.2) is 11.0 Å². The molecule has 0 saturated heterocycles. The van der Waals surface area contributed by atoms with E-state index in [0.29, 0.717) is 12.0 Å². The highest BCUT2D eigenvalue weighted by Crippen LogP contribution is 2.39. The zero-order chi connectivity index (χ0) is 13.2. The molecule has 0 bridgehead atoms. The van der Waals surface area contributed by atoms with E-state index in [1.807, 2.05) is 6.92 Å². The molecule has 1 fully saturated rings. The van der Waals surface area contributed by atoms with E-state index < -0.39 is 0 Å². The van der Waals surface area contributed by atoms with Gasteiger partial charge >= 0.3 is 0 Å². The number of aryl methyl sites for hydroxylation is 1. The van der Waals surface area contributed by atoms with Crippen molar-refractivity contribution in [3.63, 3.8) is 0 Å². The predicted octanol–water partition coefficient (Wildman–Crippen LogP) is 3.78. The van der Waals surface area contributed by atoms with E-state index >= 15 is 0 Å². The van der Waals surface area contributed by atoms with Gasteiger partial charge in [0.15, 0.2) is 0 Å². The van der Waals surface area contributed by atoms with Crippen molar-refractivity contribution < 1.29 is 4.42 Å². The molecule has 100 valence electrons. The van der Waals surface area contributed by atoms with Crippen LogP contribution < -0.4 is 5.32 Å². The van der Waals surface area contributed by atoms with Gasteiger partial charge in [0.1, 0.15) is 5.76 Å². The molecular formula is C15H17BrN2O. The van der Waals surface area contributed by atoms with Crippen LogP contribution in [0.2, 0.25) is 0 Å². The Morgan fingerprint density at radius 1 is 1.37 bits per heavy atom. The molecule has 0 atom stereocenters. The Kier molecular flexibility index (Phi) is 3.71. The molecule has 1 aliphatic rings. The topological polar surface area (TPSA) is 38.1 Å². The first kappa shape index (κ1) is 12.9. The fourth-order valence-corrected chi connectivity index (χ4v) is 3.17. The summed E-state index contributed by atoms with van der Waals surface area (Å²) in [6.07, 6.45) is 4.13. The molecular weight excluding hydrogens is 304 g/mol. The van der Waals surface area contributed by atoms with Crippen LogP contribution in [0.1, 0.15) is 36.0 Å². The van der Waals surface area contributed by atoms with Crippen molar-refractivity contribution in [2.45, 2.75) is 38.3 Å². The van der Waals surface area contributed by atoms with E-state index in [4.69, 9.17) is 4.42 Å². The summed E-state index contributed by atoms with van der Waals surface area (Å²) in [4.78, 5) is 4.20. The standard InChI is InChI=1S/C15H17BrN2O/c1-10-8-18-15(19-10)9-17-12-6-11(7-12)13-4-2-3-5-14(13)16/h2-5,8,11-12,17H,6-7,9H2,1H3. The molecule has 0 aliphatic heterocycles. The van der Waals surface area contributed by atoms with Crippen LogP contribution in [0.3, 0.4) is 0 Å². The van der Waals surface area contributed by atoms with Crippen molar-refractivity contribution in [2.24, 2.45) is 0 Å². The van der Waals surface area contributed by atoms with Gasteiger partial charge in [-0.25, -0.2) is 4.98 Å². The third-order valence-electron chi connectivity index (χ3n) is 3.69. The van der Waals surface area contributed by atoms with Gasteiger partial charge in [0.2, 0.25) is 5.89 Å². The molecule has 1 heterocycles. The van der Waals surface area contributed by atoms with Gasteiger partial charge in [-0.05, 0) is 37.3 Å². The van der Waals surface area contributed by atoms with Crippen molar-refractivity contribution in [1.29, 1.82) is 0 Å². The van der Waals surface area contributed by atoms with Crippen molar-refractivity contribution in [2.75, 3.05) is 0 Å². The molecule has 1 aliphatic carbocycles. The van der Waals surface area contributed by atoms with Gasteiger partial charge < -0.3 is 9.73 Å². The Morgan fingerprint density at radius 3 is 2.84 bits per heavy atom. The van der Waals surface area contributed by atoms with E-state index in [0.717, 1.165) is 18.2 Å². The van der Waals surface area contributed by atoms with Crippen LogP contribution in [0.5, 0.6) is 0 Å². The highest BCUT2D eigenvalue weighted by Gasteiger charge is 2.31. The fraction of sp³-hybridized carbons (Fsp3) is 0.400. The molecule has 0 spiro atoms. The van der Waals surface area contributed by atoms with E-state index in [9.17, 15) is 0 Å². The minimum Gasteiger partial charge on any atom is -0.445 e. The number of benzene rings is 1. The third kappa shape index (κ3) is 2.90. The van der Waals surface area contributed by atoms with Crippen LogP contribution in [0, 0.1) is 6.92 Å². The maximum atomic E-state index is 5.45. The zero-order valence-corrected chi connectivity index (χ0v) is 12.5. The van der Waals surface area contributed by atoms with E-state index in [-0.39, 0.29) is 0 Å². The van der Waals surface area contributed by atoms with E-state index in [2.05, 4.69) is 50.5 Å². The van der Waals surface area contributed by atoms with Gasteiger partial charge in [-0.3, -0.25) is 0 Å². The monoisotopic (exact) mass is 320 g/mol. The lowest BCUT2D eigenvalue weighted by atomic mass is 9.76. The number of rotatable bonds is 4. The number of nitrogens with one attached hydrogen (secondary N) is 1. The second kappa shape index (κ2) is 5.47. The molecule has 1 N–H and O–H groups in total. The molecule has 0 amide bonds. The van der Waals surface area contributed by atoms with Gasteiger partial charge in [-0.2, -0.15) is 0 Å². The first-order chi connectivity index (χ1) is 9.22. The summed E-state index contributed by atoms with van der Waals surface area (Å²) in [6.45, 7) is 2.64. The van der Waals surface area contributed by atoms with Gasteiger partial charge in [0.05, 0.1) is 12.7 Å². The second-order valence-corrected chi connectivity index (χ2v) is 5.99. The maximum Gasteiger partial charge on any atom is 0.208 e. The molecule has 19 heavy (non-hydrogen) atoms. The summed E-state index contributed by atoms with van der Waals surface area (Å²) in [5.74, 6) is 2.32. The number of hydrogen-bond donors (Lipinski definition) is 1. The molecule has 1 aromatic carbocycles. The van der Waals surface area contributed by atoms with Crippen LogP contribution in [0.4, 0.5) is 0 Å². The lowest BCUT2D eigenvalue weighted by molar-refractivity contribution is 0.278. The summed E-state index contributed by atoms with van der Waals surface area (Å²) in [7, 11) is 0. The third-order valence-corrected chi connectivity index (χ3v) is 4.42. The number of aromatic nitrogens is 1. The molecule has 2 aromatic rings. The summed E-state index contributed by atoms with van der Waals surface area (Å²) >= 11 is 3.62. The Balaban J connectivity index is 1.49. The molecule has 3 nitrogen and oxygen atoms in total. The van der Waals surface area contributed by atoms with E-state index in [1.54, 1.807) is 6.20 Å². The quantitative estimate of drug-likeness (QED) is 0.931. The smallest absolute Gasteiger partial charge is 0.208 e. The molecule has 0 unspecified atom stereocenters. The van der Waals surface area contributed by atoms with Crippen molar-refractivity contribution in [3.8, 4) is 0 Å². The highest BCUT2D eigenvalue weighted by atomic mass is 79.9. The predicted molar refractivity (Wildman–Crippen MR) is 78.0 cm³/mol. The molecule has 1 saturated carbocycles. The minimum atomic E-state index is 0.573. The van der Waals surface area contributed by atoms with Crippen molar-refractivity contribution >= 4 is 15.9 Å². The Morgan fingerprint density at radius 2 is 2.16 bits per heavy atom. The molecule has 4 heteroatoms. The molecule has 3 rings (SSSR count). The van der Waals surface area contributed by atoms with Gasteiger partial charge in [0, 0.05) is 10.5 Å². The first-order valence-electron chi connectivity index (χ1n) is 6.61. The zero-order valence-electron chi connectivity index (χ0n) is 10.9. The van der Waals surface area contributed by atoms with E-state index in [1.165, 1.54) is 22.9 Å². The van der Waals surface area contributed by atoms with Gasteiger partial charge in [-0.15, -0.1) is 0 Å². The van der Waals surface area contributed by atoms with Crippen LogP contribution in [-0.2, 0) is 6.54 Å². The summed E-state index contributed by atoms with van der Waals surface area (Å²) in [5.41, 5.74) is 1.42. The van der Waals surface area contributed by atoms with Gasteiger partial charge in [-0.1, -0.05) is 34.1 Å². The fourth-order valence-electron chi connectivity index (χ4n) is 2.56. The Bertz CT molecular complexity index is 561. The lowest BCUT2D eigenvalue weighted by Gasteiger charge is -2.36. The number of nitrogens with zero attached hydrogens (tertiary/aromatic N) is 1. The average Bonchev–Trinajstić information content (AvgIpc) is 2.75. The summed E-state index contributed by atoms with van der Waals surface area (Å²) < 4.78 is 6.68. The largest absolute Gasteiger partial charge is 0.445 e. The number of oxazole rings is 1. The summed E-state index contributed by atoms with van der Waals surface area (Å²) in [5, 5.41) is 3.50. The summed E-state index contributed by atoms with van der Waals surface area (Å²) in [6, 6.07) is 9.07. The Hall–Kier alpha value is -1.13. The highest BCUT2D eigenvalue weighted by molar-refractivity contribution is 9.10. The molecule has 0 radical (unpaired) electrons. The second-order valence-electron chi connectivity index (χ2n) is 5.13. The normalized spacial score (nSPS) is 22.2. The minimum absolute atomic E-state index is 0.573.